The van der Waals surface area contributed by atoms with Crippen LogP contribution in [0.2, 0.25) is 10.4 Å². The van der Waals surface area contributed by atoms with E-state index in [2.05, 4.69) is 15.0 Å². The molecule has 3 aromatic rings. The van der Waals surface area contributed by atoms with Gasteiger partial charge in [-0.15, -0.1) is 0 Å². The number of carbonyl (C=O) groups excluding carboxylic acids is 1. The van der Waals surface area contributed by atoms with Crippen LogP contribution in [0.1, 0.15) is 36.9 Å². The topological polar surface area (TPSA) is 79.1 Å². The van der Waals surface area contributed by atoms with Gasteiger partial charge in [-0.3, -0.25) is 4.57 Å². The monoisotopic (exact) mass is 420 g/mol. The van der Waals surface area contributed by atoms with Crippen molar-refractivity contribution in [1.29, 1.82) is 0 Å². The van der Waals surface area contributed by atoms with Crippen molar-refractivity contribution < 1.29 is 14.3 Å². The lowest BCUT2D eigenvalue weighted by Gasteiger charge is -2.22. The van der Waals surface area contributed by atoms with Crippen LogP contribution < -0.4 is 0 Å². The molecule has 0 N–H and O–H groups in total. The Bertz CT molecular complexity index is 1010. The van der Waals surface area contributed by atoms with Crippen LogP contribution in [0.5, 0.6) is 0 Å². The van der Waals surface area contributed by atoms with E-state index in [0.717, 1.165) is 6.42 Å². The number of hydrogen-bond donors (Lipinski definition) is 0. The Kier molecular flexibility index (Phi) is 5.23. The van der Waals surface area contributed by atoms with Gasteiger partial charge in [0, 0.05) is 5.92 Å². The Labute approximate surface area is 171 Å². The summed E-state index contributed by atoms with van der Waals surface area (Å²) in [6.07, 6.45) is 1.13. The van der Waals surface area contributed by atoms with Crippen molar-refractivity contribution in [1.82, 2.24) is 19.5 Å². The summed E-state index contributed by atoms with van der Waals surface area (Å²) in [6, 6.07) is 8.87. The van der Waals surface area contributed by atoms with E-state index in [4.69, 9.17) is 32.7 Å². The van der Waals surface area contributed by atoms with Crippen LogP contribution in [0.3, 0.4) is 0 Å². The van der Waals surface area contributed by atoms with Gasteiger partial charge < -0.3 is 9.47 Å². The fourth-order valence-electron chi connectivity index (χ4n) is 3.52. The molecule has 9 heteroatoms. The second-order valence-corrected chi connectivity index (χ2v) is 7.37. The molecule has 0 saturated carbocycles. The molecule has 0 amide bonds. The van der Waals surface area contributed by atoms with Crippen LogP contribution in [0, 0.1) is 5.92 Å². The minimum atomic E-state index is -0.598. The van der Waals surface area contributed by atoms with E-state index in [1.807, 2.05) is 19.9 Å². The number of aromatic nitrogens is 4. The predicted octanol–water partition coefficient (Wildman–Crippen LogP) is 4.30. The van der Waals surface area contributed by atoms with Crippen molar-refractivity contribution in [3.05, 3.63) is 52.7 Å². The van der Waals surface area contributed by atoms with Gasteiger partial charge in [0.15, 0.2) is 23.1 Å². The third kappa shape index (κ3) is 3.34. The summed E-state index contributed by atoms with van der Waals surface area (Å²) in [6.45, 7) is 4.03. The summed E-state index contributed by atoms with van der Waals surface area (Å²) in [7, 11) is 0. The smallest absolute Gasteiger partial charge is 0.338 e. The number of imidazole rings is 1. The zero-order valence-electron chi connectivity index (χ0n) is 15.3. The summed E-state index contributed by atoms with van der Waals surface area (Å²) in [5.74, 6) is -0.425. The first-order chi connectivity index (χ1) is 13.5. The average Bonchev–Trinajstić information content (AvgIpc) is 3.24. The molecule has 1 aromatic carbocycles. The Balaban J connectivity index is 1.71. The fraction of sp³-hybridized carbons (Fsp3) is 0.368. The maximum atomic E-state index is 12.7. The molecule has 1 aliphatic heterocycles. The maximum Gasteiger partial charge on any atom is 0.338 e. The van der Waals surface area contributed by atoms with Gasteiger partial charge in [0.1, 0.15) is 5.52 Å². The number of esters is 1. The second kappa shape index (κ2) is 7.66. The molecule has 0 radical (unpaired) electrons. The zero-order valence-corrected chi connectivity index (χ0v) is 16.8. The Morgan fingerprint density at radius 1 is 1.25 bits per heavy atom. The lowest BCUT2D eigenvalue weighted by atomic mass is 9.98. The van der Waals surface area contributed by atoms with Crippen molar-refractivity contribution in [2.45, 2.75) is 38.7 Å². The molecule has 0 aliphatic carbocycles. The maximum absolute atomic E-state index is 12.7. The van der Waals surface area contributed by atoms with E-state index in [9.17, 15) is 4.79 Å². The molecule has 4 atom stereocenters. The van der Waals surface area contributed by atoms with Crippen molar-refractivity contribution in [3.63, 3.8) is 0 Å². The second-order valence-electron chi connectivity index (χ2n) is 6.68. The van der Waals surface area contributed by atoms with E-state index < -0.39 is 18.3 Å². The number of hydrogen-bond acceptors (Lipinski definition) is 6. The summed E-state index contributed by atoms with van der Waals surface area (Å²) in [5, 5.41) is 0.167. The molecular weight excluding hydrogens is 403 g/mol. The lowest BCUT2D eigenvalue weighted by Crippen LogP contribution is -2.30. The van der Waals surface area contributed by atoms with Crippen LogP contribution in [0.4, 0.5) is 0 Å². The number of ether oxygens (including phenoxy) is 2. The molecule has 1 unspecified atom stereocenters. The Morgan fingerprint density at radius 2 is 2.00 bits per heavy atom. The molecular formula is C19H18Cl2N4O3. The number of benzene rings is 1. The third-order valence-corrected chi connectivity index (χ3v) is 5.41. The van der Waals surface area contributed by atoms with E-state index >= 15 is 0 Å². The number of carbonyl (C=O) groups is 1. The molecule has 28 heavy (non-hydrogen) atoms. The number of fused-ring (bicyclic) bond motifs is 1. The SMILES string of the molecule is CC[C@H]1O[C@@H](n2cnc3c(Cl)nc(Cl)nc32)C(OC(=O)c2ccccc2)[C@H]1C. The van der Waals surface area contributed by atoms with Gasteiger partial charge in [-0.2, -0.15) is 4.98 Å². The largest absolute Gasteiger partial charge is 0.454 e. The third-order valence-electron chi connectivity index (χ3n) is 4.98. The number of rotatable bonds is 4. The number of halogens is 2. The highest BCUT2D eigenvalue weighted by molar-refractivity contribution is 6.35. The predicted molar refractivity (Wildman–Crippen MR) is 104 cm³/mol. The molecule has 0 bridgehead atoms. The highest BCUT2D eigenvalue weighted by Crippen LogP contribution is 2.39. The van der Waals surface area contributed by atoms with Crippen molar-refractivity contribution in [2.24, 2.45) is 5.92 Å². The fourth-order valence-corrected chi connectivity index (χ4v) is 3.94. The normalized spacial score (nSPS) is 24.6. The highest BCUT2D eigenvalue weighted by atomic mass is 35.5. The van der Waals surface area contributed by atoms with Gasteiger partial charge in [-0.1, -0.05) is 43.6 Å². The van der Waals surface area contributed by atoms with Crippen LogP contribution in [-0.2, 0) is 9.47 Å². The first-order valence-corrected chi connectivity index (χ1v) is 9.72. The van der Waals surface area contributed by atoms with Crippen LogP contribution in [0.25, 0.3) is 11.2 Å². The number of nitrogens with zero attached hydrogens (tertiary/aromatic N) is 4. The van der Waals surface area contributed by atoms with Gasteiger partial charge in [-0.25, -0.2) is 14.8 Å². The summed E-state index contributed by atoms with van der Waals surface area (Å²) in [5.41, 5.74) is 1.33. The molecule has 1 aliphatic rings. The van der Waals surface area contributed by atoms with E-state index in [0.29, 0.717) is 16.7 Å². The summed E-state index contributed by atoms with van der Waals surface area (Å²) in [4.78, 5) is 25.1. The quantitative estimate of drug-likeness (QED) is 0.355. The minimum Gasteiger partial charge on any atom is -0.454 e. The standard InChI is InChI=1S/C19H18Cl2N4O3/c1-3-12-10(2)14(28-18(26)11-7-5-4-6-8-11)17(27-12)25-9-22-13-15(20)23-19(21)24-16(13)25/h4-10,12,14,17H,3H2,1-2H3/t10-,12+,14?,17+/m0/s1. The van der Waals surface area contributed by atoms with Gasteiger partial charge in [0.05, 0.1) is 18.0 Å². The van der Waals surface area contributed by atoms with Gasteiger partial charge in [-0.05, 0) is 30.2 Å². The van der Waals surface area contributed by atoms with Gasteiger partial charge in [0.2, 0.25) is 5.28 Å². The van der Waals surface area contributed by atoms with E-state index in [1.165, 1.54) is 0 Å². The zero-order chi connectivity index (χ0) is 19.8. The van der Waals surface area contributed by atoms with Crippen molar-refractivity contribution >= 4 is 40.3 Å². The molecule has 4 rings (SSSR count). The summed E-state index contributed by atoms with van der Waals surface area (Å²) >= 11 is 12.1. The molecule has 146 valence electrons. The van der Waals surface area contributed by atoms with Crippen molar-refractivity contribution in [2.75, 3.05) is 0 Å². The van der Waals surface area contributed by atoms with Crippen LogP contribution >= 0.6 is 23.2 Å². The summed E-state index contributed by atoms with van der Waals surface area (Å²) < 4.78 is 13.8. The van der Waals surface area contributed by atoms with E-state index in [1.54, 1.807) is 35.2 Å². The van der Waals surface area contributed by atoms with Crippen LogP contribution in [0.15, 0.2) is 36.7 Å². The van der Waals surface area contributed by atoms with Crippen LogP contribution in [-0.4, -0.2) is 37.7 Å². The van der Waals surface area contributed by atoms with Gasteiger partial charge in [0.25, 0.3) is 0 Å². The molecule has 2 aromatic heterocycles. The first kappa shape index (κ1) is 19.1. The molecule has 7 nitrogen and oxygen atoms in total. The Hall–Kier alpha value is -2.22. The van der Waals surface area contributed by atoms with E-state index in [-0.39, 0.29) is 22.5 Å². The molecule has 0 spiro atoms. The minimum absolute atomic E-state index is 0.00941. The highest BCUT2D eigenvalue weighted by Gasteiger charge is 2.45. The first-order valence-electron chi connectivity index (χ1n) is 8.96. The Morgan fingerprint density at radius 3 is 2.71 bits per heavy atom. The van der Waals surface area contributed by atoms with Crippen molar-refractivity contribution in [3.8, 4) is 0 Å². The average molecular weight is 421 g/mol. The molecule has 3 heterocycles. The molecule has 1 fully saturated rings. The van der Waals surface area contributed by atoms with Gasteiger partial charge >= 0.3 is 5.97 Å². The molecule has 1 saturated heterocycles. The lowest BCUT2D eigenvalue weighted by molar-refractivity contribution is -0.0469.